The molecule has 0 saturated heterocycles. The van der Waals surface area contributed by atoms with Gasteiger partial charge in [-0.25, -0.2) is 0 Å². The molecule has 2 rings (SSSR count). The minimum atomic E-state index is 0.230. The lowest BCUT2D eigenvalue weighted by molar-refractivity contribution is 0.364. The average Bonchev–Trinajstić information content (AvgIpc) is 2.45. The third kappa shape index (κ3) is 4.67. The molecule has 21 heavy (non-hydrogen) atoms. The van der Waals surface area contributed by atoms with E-state index in [-0.39, 0.29) is 6.61 Å². The third-order valence-corrected chi connectivity index (χ3v) is 4.01. The summed E-state index contributed by atoms with van der Waals surface area (Å²) < 4.78 is 7.44. The van der Waals surface area contributed by atoms with E-state index in [1.807, 2.05) is 36.4 Å². The van der Waals surface area contributed by atoms with E-state index in [1.165, 1.54) is 0 Å². The van der Waals surface area contributed by atoms with E-state index in [9.17, 15) is 0 Å². The summed E-state index contributed by atoms with van der Waals surface area (Å²) in [7, 11) is 0. The summed E-state index contributed by atoms with van der Waals surface area (Å²) in [6.45, 7) is 0.841. The first-order valence-electron chi connectivity index (χ1n) is 6.14. The first-order valence-corrected chi connectivity index (χ1v) is 8.10. The second kappa shape index (κ2) is 7.74. The van der Waals surface area contributed by atoms with Crippen molar-refractivity contribution in [3.05, 3.63) is 55.9 Å². The van der Waals surface area contributed by atoms with Crippen molar-refractivity contribution in [1.29, 1.82) is 0 Å². The molecule has 0 fully saturated rings. The number of ether oxygens (including phenoxy) is 1. The van der Waals surface area contributed by atoms with Crippen LogP contribution in [0.1, 0.15) is 5.56 Å². The molecular formula is C16H12Br2ClNO. The van der Waals surface area contributed by atoms with Gasteiger partial charge in [-0.05, 0) is 52.3 Å². The van der Waals surface area contributed by atoms with Crippen molar-refractivity contribution in [1.82, 2.24) is 0 Å². The molecule has 2 nitrogen and oxygen atoms in total. The number of benzene rings is 2. The van der Waals surface area contributed by atoms with Gasteiger partial charge in [0.05, 0.1) is 4.47 Å². The lowest BCUT2D eigenvalue weighted by atomic mass is 10.2. The van der Waals surface area contributed by atoms with Gasteiger partial charge in [-0.1, -0.05) is 33.5 Å². The number of terminal acetylenes is 1. The fraction of sp³-hybridized carbons (Fsp3) is 0.125. The van der Waals surface area contributed by atoms with Gasteiger partial charge in [0.15, 0.2) is 0 Å². The Labute approximate surface area is 146 Å². The molecule has 1 N–H and O–H groups in total. The van der Waals surface area contributed by atoms with Crippen molar-refractivity contribution < 1.29 is 4.74 Å². The molecule has 0 aliphatic rings. The van der Waals surface area contributed by atoms with Gasteiger partial charge >= 0.3 is 0 Å². The van der Waals surface area contributed by atoms with Crippen molar-refractivity contribution in [2.75, 3.05) is 11.9 Å². The predicted molar refractivity (Wildman–Crippen MR) is 94.9 cm³/mol. The van der Waals surface area contributed by atoms with Crippen LogP contribution in [-0.2, 0) is 6.54 Å². The molecule has 0 heterocycles. The zero-order chi connectivity index (χ0) is 15.2. The minimum absolute atomic E-state index is 0.230. The quantitative estimate of drug-likeness (QED) is 0.635. The van der Waals surface area contributed by atoms with Crippen molar-refractivity contribution in [2.45, 2.75) is 6.54 Å². The van der Waals surface area contributed by atoms with E-state index in [1.54, 1.807) is 0 Å². The molecule has 0 radical (unpaired) electrons. The highest BCUT2D eigenvalue weighted by atomic mass is 79.9. The maximum Gasteiger partial charge on any atom is 0.148 e. The van der Waals surface area contributed by atoms with Crippen LogP contribution in [-0.4, -0.2) is 6.61 Å². The number of rotatable bonds is 5. The molecule has 0 bridgehead atoms. The van der Waals surface area contributed by atoms with Gasteiger partial charge in [0.25, 0.3) is 0 Å². The maximum atomic E-state index is 5.87. The highest BCUT2D eigenvalue weighted by molar-refractivity contribution is 9.11. The number of nitrogens with one attached hydrogen (secondary N) is 1. The Morgan fingerprint density at radius 3 is 2.57 bits per heavy atom. The molecule has 0 saturated carbocycles. The van der Waals surface area contributed by atoms with Crippen LogP contribution >= 0.6 is 43.5 Å². The topological polar surface area (TPSA) is 21.3 Å². The molecule has 0 aliphatic carbocycles. The fourth-order valence-electron chi connectivity index (χ4n) is 1.79. The van der Waals surface area contributed by atoms with Crippen LogP contribution in [0.2, 0.25) is 5.02 Å². The summed E-state index contributed by atoms with van der Waals surface area (Å²) >= 11 is 12.8. The molecule has 0 aliphatic heterocycles. The molecule has 0 spiro atoms. The number of hydrogen-bond acceptors (Lipinski definition) is 2. The van der Waals surface area contributed by atoms with Gasteiger partial charge in [0.1, 0.15) is 12.4 Å². The van der Waals surface area contributed by atoms with E-state index in [2.05, 4.69) is 43.1 Å². The van der Waals surface area contributed by atoms with Crippen molar-refractivity contribution >= 4 is 49.1 Å². The van der Waals surface area contributed by atoms with E-state index >= 15 is 0 Å². The number of hydrogen-bond donors (Lipinski definition) is 1. The lowest BCUT2D eigenvalue weighted by Gasteiger charge is -2.14. The average molecular weight is 430 g/mol. The normalized spacial score (nSPS) is 10.0. The van der Waals surface area contributed by atoms with Gasteiger partial charge in [0, 0.05) is 27.3 Å². The Balaban J connectivity index is 2.18. The van der Waals surface area contributed by atoms with Gasteiger partial charge < -0.3 is 10.1 Å². The SMILES string of the molecule is C#CCOc1c(Br)cc(Br)cc1CNc1ccc(Cl)cc1. The number of anilines is 1. The second-order valence-electron chi connectivity index (χ2n) is 4.23. The standard InChI is InChI=1S/C16H12Br2ClNO/c1-2-7-21-16-11(8-12(17)9-15(16)18)10-20-14-5-3-13(19)4-6-14/h1,3-6,8-9,20H,7,10H2. The number of halogens is 3. The fourth-order valence-corrected chi connectivity index (χ4v) is 3.34. The molecule has 0 amide bonds. The van der Waals surface area contributed by atoms with E-state index < -0.39 is 0 Å². The summed E-state index contributed by atoms with van der Waals surface area (Å²) in [6, 6.07) is 11.5. The summed E-state index contributed by atoms with van der Waals surface area (Å²) in [4.78, 5) is 0. The van der Waals surface area contributed by atoms with Crippen molar-refractivity contribution in [3.63, 3.8) is 0 Å². The highest BCUT2D eigenvalue weighted by Crippen LogP contribution is 2.33. The molecule has 5 heteroatoms. The molecular weight excluding hydrogens is 417 g/mol. The van der Waals surface area contributed by atoms with Crippen LogP contribution in [0, 0.1) is 12.3 Å². The van der Waals surface area contributed by atoms with Crippen molar-refractivity contribution in [3.8, 4) is 18.1 Å². The van der Waals surface area contributed by atoms with Crippen LogP contribution in [0.15, 0.2) is 45.3 Å². The van der Waals surface area contributed by atoms with E-state index in [4.69, 9.17) is 22.8 Å². The summed E-state index contributed by atoms with van der Waals surface area (Å²) in [6.07, 6.45) is 5.26. The van der Waals surface area contributed by atoms with Gasteiger partial charge in [-0.3, -0.25) is 0 Å². The van der Waals surface area contributed by atoms with Crippen LogP contribution in [0.25, 0.3) is 0 Å². The molecule has 0 unspecified atom stereocenters. The first kappa shape index (κ1) is 16.2. The maximum absolute atomic E-state index is 5.87. The molecule has 0 aromatic heterocycles. The zero-order valence-electron chi connectivity index (χ0n) is 11.0. The molecule has 2 aromatic rings. The van der Waals surface area contributed by atoms with E-state index in [0.29, 0.717) is 11.6 Å². The zero-order valence-corrected chi connectivity index (χ0v) is 14.9. The molecule has 0 atom stereocenters. The Morgan fingerprint density at radius 2 is 1.90 bits per heavy atom. The summed E-state index contributed by atoms with van der Waals surface area (Å²) in [5.74, 6) is 3.22. The van der Waals surface area contributed by atoms with Crippen LogP contribution in [0.5, 0.6) is 5.75 Å². The first-order chi connectivity index (χ1) is 10.1. The van der Waals surface area contributed by atoms with Gasteiger partial charge in [0.2, 0.25) is 0 Å². The Kier molecular flexibility index (Phi) is 5.98. The van der Waals surface area contributed by atoms with Crippen LogP contribution in [0.4, 0.5) is 5.69 Å². The summed E-state index contributed by atoms with van der Waals surface area (Å²) in [5, 5.41) is 4.04. The second-order valence-corrected chi connectivity index (χ2v) is 6.44. The van der Waals surface area contributed by atoms with Crippen molar-refractivity contribution in [2.24, 2.45) is 0 Å². The smallest absolute Gasteiger partial charge is 0.148 e. The van der Waals surface area contributed by atoms with Gasteiger partial charge in [-0.2, -0.15) is 0 Å². The Morgan fingerprint density at radius 1 is 1.19 bits per heavy atom. The third-order valence-electron chi connectivity index (χ3n) is 2.71. The Hall–Kier alpha value is -1.15. The monoisotopic (exact) mass is 427 g/mol. The minimum Gasteiger partial charge on any atom is -0.479 e. The Bertz CT molecular complexity index is 665. The highest BCUT2D eigenvalue weighted by Gasteiger charge is 2.10. The summed E-state index contributed by atoms with van der Waals surface area (Å²) in [5.41, 5.74) is 1.99. The van der Waals surface area contributed by atoms with Crippen LogP contribution in [0.3, 0.4) is 0 Å². The molecule has 108 valence electrons. The lowest BCUT2D eigenvalue weighted by Crippen LogP contribution is -2.04. The van der Waals surface area contributed by atoms with Crippen LogP contribution < -0.4 is 10.1 Å². The molecule has 2 aromatic carbocycles. The largest absolute Gasteiger partial charge is 0.479 e. The predicted octanol–water partition coefficient (Wildman–Crippen LogP) is 5.49. The van der Waals surface area contributed by atoms with E-state index in [0.717, 1.165) is 25.9 Å². The van der Waals surface area contributed by atoms with Gasteiger partial charge in [-0.15, -0.1) is 6.42 Å².